The first-order valence-corrected chi connectivity index (χ1v) is 7.24. The second-order valence-corrected chi connectivity index (χ2v) is 5.67. The minimum absolute atomic E-state index is 0.0479. The third-order valence-electron chi connectivity index (χ3n) is 2.84. The third-order valence-corrected chi connectivity index (χ3v) is 4.06. The van der Waals surface area contributed by atoms with E-state index in [9.17, 15) is 5.11 Å². The monoisotopic (exact) mass is 302 g/mol. The number of aliphatic hydroxyl groups is 1. The molecule has 3 nitrogen and oxygen atoms in total. The fourth-order valence-corrected chi connectivity index (χ4v) is 2.82. The van der Waals surface area contributed by atoms with E-state index in [-0.39, 0.29) is 6.61 Å². The summed E-state index contributed by atoms with van der Waals surface area (Å²) in [6.45, 7) is -0.0479. The molecule has 5 heteroatoms. The third kappa shape index (κ3) is 2.77. The van der Waals surface area contributed by atoms with Crippen molar-refractivity contribution >= 4 is 34.3 Å². The lowest BCUT2D eigenvalue weighted by Crippen LogP contribution is -1.93. The number of pyridine rings is 2. The summed E-state index contributed by atoms with van der Waals surface area (Å²) in [4.78, 5) is 8.83. The summed E-state index contributed by atoms with van der Waals surface area (Å²) in [6, 6.07) is 13.4. The van der Waals surface area contributed by atoms with E-state index in [4.69, 9.17) is 11.6 Å². The van der Waals surface area contributed by atoms with Gasteiger partial charge in [-0.15, -0.1) is 0 Å². The zero-order chi connectivity index (χ0) is 13.9. The normalized spacial score (nSPS) is 10.9. The number of aliphatic hydroxyl groups excluding tert-OH is 1. The smallest absolute Gasteiger partial charge is 0.108 e. The Morgan fingerprint density at radius 3 is 2.75 bits per heavy atom. The quantitative estimate of drug-likeness (QED) is 0.796. The molecule has 0 saturated heterocycles. The van der Waals surface area contributed by atoms with Gasteiger partial charge in [-0.3, -0.25) is 0 Å². The van der Waals surface area contributed by atoms with Gasteiger partial charge in [0.05, 0.1) is 17.1 Å². The maximum absolute atomic E-state index is 9.51. The largest absolute Gasteiger partial charge is 0.392 e. The molecule has 0 spiro atoms. The van der Waals surface area contributed by atoms with E-state index >= 15 is 0 Å². The number of hydrogen-bond acceptors (Lipinski definition) is 4. The van der Waals surface area contributed by atoms with Crippen molar-refractivity contribution in [2.45, 2.75) is 16.7 Å². The summed E-state index contributed by atoms with van der Waals surface area (Å²) >= 11 is 7.25. The Morgan fingerprint density at radius 1 is 1.15 bits per heavy atom. The molecule has 0 aliphatic rings. The number of para-hydroxylation sites is 1. The van der Waals surface area contributed by atoms with Crippen LogP contribution < -0.4 is 0 Å². The molecular weight excluding hydrogens is 292 g/mol. The van der Waals surface area contributed by atoms with Crippen LogP contribution in [0.5, 0.6) is 0 Å². The number of aromatic nitrogens is 2. The molecule has 2 aromatic heterocycles. The summed E-state index contributed by atoms with van der Waals surface area (Å²) in [5.41, 5.74) is 1.70. The molecule has 0 aliphatic carbocycles. The van der Waals surface area contributed by atoms with Crippen molar-refractivity contribution in [1.82, 2.24) is 9.97 Å². The molecule has 0 atom stereocenters. The molecule has 0 fully saturated rings. The van der Waals surface area contributed by atoms with Gasteiger partial charge in [-0.1, -0.05) is 29.8 Å². The Morgan fingerprint density at radius 2 is 2.00 bits per heavy atom. The zero-order valence-electron chi connectivity index (χ0n) is 10.5. The Bertz CT molecular complexity index is 746. The van der Waals surface area contributed by atoms with Crippen LogP contribution >= 0.6 is 23.4 Å². The van der Waals surface area contributed by atoms with Crippen molar-refractivity contribution < 1.29 is 5.11 Å². The van der Waals surface area contributed by atoms with E-state index in [1.807, 2.05) is 36.4 Å². The molecule has 3 rings (SSSR count). The molecule has 0 radical (unpaired) electrons. The van der Waals surface area contributed by atoms with Crippen LogP contribution in [0.2, 0.25) is 5.02 Å². The first-order chi connectivity index (χ1) is 9.76. The molecule has 0 saturated carbocycles. The lowest BCUT2D eigenvalue weighted by Gasteiger charge is -2.08. The second kappa shape index (κ2) is 5.79. The van der Waals surface area contributed by atoms with E-state index < -0.39 is 0 Å². The molecule has 20 heavy (non-hydrogen) atoms. The van der Waals surface area contributed by atoms with Crippen LogP contribution in [0, 0.1) is 0 Å². The summed E-state index contributed by atoms with van der Waals surface area (Å²) < 4.78 is 0. The zero-order valence-corrected chi connectivity index (χ0v) is 12.0. The molecule has 1 aromatic carbocycles. The predicted molar refractivity (Wildman–Crippen MR) is 81.0 cm³/mol. The van der Waals surface area contributed by atoms with Gasteiger partial charge < -0.3 is 5.11 Å². The van der Waals surface area contributed by atoms with E-state index in [0.717, 1.165) is 26.5 Å². The highest BCUT2D eigenvalue weighted by molar-refractivity contribution is 7.99. The van der Waals surface area contributed by atoms with Crippen LogP contribution in [0.4, 0.5) is 0 Å². The van der Waals surface area contributed by atoms with Gasteiger partial charge >= 0.3 is 0 Å². The fraction of sp³-hybridized carbons (Fsp3) is 0.0667. The van der Waals surface area contributed by atoms with Gasteiger partial charge in [0.1, 0.15) is 10.1 Å². The van der Waals surface area contributed by atoms with E-state index in [1.165, 1.54) is 11.8 Å². The molecule has 0 unspecified atom stereocenters. The summed E-state index contributed by atoms with van der Waals surface area (Å²) in [5, 5.41) is 12.7. The summed E-state index contributed by atoms with van der Waals surface area (Å²) in [6.07, 6.45) is 1.60. The minimum Gasteiger partial charge on any atom is -0.392 e. The van der Waals surface area contributed by atoms with Crippen molar-refractivity contribution in [3.8, 4) is 0 Å². The van der Waals surface area contributed by atoms with Gasteiger partial charge in [-0.05, 0) is 36.0 Å². The van der Waals surface area contributed by atoms with Gasteiger partial charge in [-0.25, -0.2) is 9.97 Å². The number of rotatable bonds is 3. The molecule has 2 heterocycles. The van der Waals surface area contributed by atoms with Crippen molar-refractivity contribution in [3.05, 3.63) is 59.2 Å². The first kappa shape index (κ1) is 13.4. The van der Waals surface area contributed by atoms with Crippen molar-refractivity contribution in [1.29, 1.82) is 0 Å². The minimum atomic E-state index is -0.0479. The number of halogens is 1. The molecular formula is C15H11ClN2OS. The molecule has 100 valence electrons. The van der Waals surface area contributed by atoms with Crippen LogP contribution in [-0.4, -0.2) is 15.1 Å². The Balaban J connectivity index is 2.03. The lowest BCUT2D eigenvalue weighted by atomic mass is 10.2. The van der Waals surface area contributed by atoms with Crippen molar-refractivity contribution in [2.24, 2.45) is 0 Å². The van der Waals surface area contributed by atoms with Crippen LogP contribution in [0.15, 0.2) is 58.7 Å². The highest BCUT2D eigenvalue weighted by Crippen LogP contribution is 2.30. The Hall–Kier alpha value is -1.62. The van der Waals surface area contributed by atoms with Gasteiger partial charge in [0.2, 0.25) is 0 Å². The molecule has 0 amide bonds. The molecule has 1 N–H and O–H groups in total. The van der Waals surface area contributed by atoms with Gasteiger partial charge in [0.25, 0.3) is 0 Å². The summed E-state index contributed by atoms with van der Waals surface area (Å²) in [5.74, 6) is 0. The number of benzene rings is 1. The van der Waals surface area contributed by atoms with Crippen LogP contribution in [-0.2, 0) is 6.61 Å². The number of fused-ring (bicyclic) bond motifs is 1. The van der Waals surface area contributed by atoms with Crippen molar-refractivity contribution in [3.63, 3.8) is 0 Å². The van der Waals surface area contributed by atoms with Gasteiger partial charge in [0.15, 0.2) is 0 Å². The Kier molecular flexibility index (Phi) is 3.87. The predicted octanol–water partition coefficient (Wildman–Crippen LogP) is 3.93. The van der Waals surface area contributed by atoms with E-state index in [1.54, 1.807) is 12.3 Å². The molecule has 0 aliphatic heterocycles. The maximum Gasteiger partial charge on any atom is 0.108 e. The van der Waals surface area contributed by atoms with Crippen LogP contribution in [0.25, 0.3) is 10.9 Å². The Labute approximate surface area is 125 Å². The maximum atomic E-state index is 9.51. The van der Waals surface area contributed by atoms with Crippen LogP contribution in [0.1, 0.15) is 5.56 Å². The first-order valence-electron chi connectivity index (χ1n) is 6.05. The molecule has 3 aromatic rings. The van der Waals surface area contributed by atoms with E-state index in [2.05, 4.69) is 9.97 Å². The lowest BCUT2D eigenvalue weighted by molar-refractivity contribution is 0.278. The fourth-order valence-electron chi connectivity index (χ4n) is 1.87. The van der Waals surface area contributed by atoms with Crippen molar-refractivity contribution in [2.75, 3.05) is 0 Å². The topological polar surface area (TPSA) is 46.0 Å². The average Bonchev–Trinajstić information content (AvgIpc) is 2.49. The standard InChI is InChI=1S/C15H11ClN2OS/c16-12-5-6-14(17-8-12)20-15-11(9-19)7-10-3-1-2-4-13(10)18-15/h1-8,19H,9H2. The average molecular weight is 303 g/mol. The highest BCUT2D eigenvalue weighted by atomic mass is 35.5. The summed E-state index contributed by atoms with van der Waals surface area (Å²) in [7, 11) is 0. The van der Waals surface area contributed by atoms with Gasteiger partial charge in [-0.2, -0.15) is 0 Å². The highest BCUT2D eigenvalue weighted by Gasteiger charge is 2.08. The van der Waals surface area contributed by atoms with Gasteiger partial charge in [0, 0.05) is 17.1 Å². The number of hydrogen-bond donors (Lipinski definition) is 1. The van der Waals surface area contributed by atoms with Crippen LogP contribution in [0.3, 0.4) is 0 Å². The van der Waals surface area contributed by atoms with E-state index in [0.29, 0.717) is 5.02 Å². The number of nitrogens with zero attached hydrogens (tertiary/aromatic N) is 2. The molecule has 0 bridgehead atoms. The SMILES string of the molecule is OCc1cc2ccccc2nc1Sc1ccc(Cl)cn1. The second-order valence-electron chi connectivity index (χ2n) is 4.22.